The summed E-state index contributed by atoms with van der Waals surface area (Å²) >= 11 is 0. The first-order valence-electron chi connectivity index (χ1n) is 8.08. The highest BCUT2D eigenvalue weighted by molar-refractivity contribution is 4.84. The maximum absolute atomic E-state index is 9.67. The monoisotopic (exact) mass is 255 g/mol. The molecule has 1 aliphatic rings. The molecule has 0 aromatic carbocycles. The maximum Gasteiger partial charge on any atom is 0.0499 e. The smallest absolute Gasteiger partial charge is 0.0499 e. The van der Waals surface area contributed by atoms with Crippen LogP contribution in [-0.2, 0) is 0 Å². The van der Waals surface area contributed by atoms with Crippen molar-refractivity contribution in [3.8, 4) is 0 Å². The van der Waals surface area contributed by atoms with Crippen LogP contribution in [0.15, 0.2) is 0 Å². The Kier molecular flexibility index (Phi) is 7.92. The Balaban J connectivity index is 2.24. The van der Waals surface area contributed by atoms with Crippen molar-refractivity contribution in [2.45, 2.75) is 71.6 Å². The van der Waals surface area contributed by atoms with Crippen molar-refractivity contribution in [1.82, 2.24) is 5.32 Å². The minimum atomic E-state index is 0.196. The largest absolute Gasteiger partial charge is 0.396 e. The molecular weight excluding hydrogens is 222 g/mol. The molecule has 0 aromatic heterocycles. The van der Waals surface area contributed by atoms with Gasteiger partial charge in [-0.25, -0.2) is 0 Å². The van der Waals surface area contributed by atoms with Crippen LogP contribution in [0.4, 0.5) is 0 Å². The van der Waals surface area contributed by atoms with Crippen molar-refractivity contribution >= 4 is 0 Å². The minimum Gasteiger partial charge on any atom is -0.396 e. The van der Waals surface area contributed by atoms with Crippen LogP contribution in [0.5, 0.6) is 0 Å². The first-order valence-corrected chi connectivity index (χ1v) is 8.08. The summed E-state index contributed by atoms with van der Waals surface area (Å²) in [5.41, 5.74) is 0.196. The van der Waals surface area contributed by atoms with Gasteiger partial charge in [0.05, 0.1) is 0 Å². The number of nitrogens with one attached hydrogen (secondary N) is 1. The van der Waals surface area contributed by atoms with Gasteiger partial charge in [-0.1, -0.05) is 52.4 Å². The van der Waals surface area contributed by atoms with E-state index in [2.05, 4.69) is 19.2 Å². The third kappa shape index (κ3) is 5.27. The molecule has 0 heterocycles. The summed E-state index contributed by atoms with van der Waals surface area (Å²) in [7, 11) is 0. The van der Waals surface area contributed by atoms with E-state index in [0.29, 0.717) is 6.61 Å². The van der Waals surface area contributed by atoms with E-state index in [1.54, 1.807) is 0 Å². The summed E-state index contributed by atoms with van der Waals surface area (Å²) < 4.78 is 0. The molecule has 18 heavy (non-hydrogen) atoms. The predicted molar refractivity (Wildman–Crippen MR) is 78.8 cm³/mol. The van der Waals surface area contributed by atoms with E-state index in [1.165, 1.54) is 57.8 Å². The molecule has 1 rings (SSSR count). The fraction of sp³-hybridized carbons (Fsp3) is 1.00. The topological polar surface area (TPSA) is 32.3 Å². The molecule has 1 unspecified atom stereocenters. The summed E-state index contributed by atoms with van der Waals surface area (Å²) in [6.45, 7) is 7.09. The van der Waals surface area contributed by atoms with E-state index >= 15 is 0 Å². The van der Waals surface area contributed by atoms with Crippen molar-refractivity contribution < 1.29 is 5.11 Å². The van der Waals surface area contributed by atoms with E-state index in [-0.39, 0.29) is 5.41 Å². The molecule has 2 N–H and O–H groups in total. The van der Waals surface area contributed by atoms with Gasteiger partial charge >= 0.3 is 0 Å². The Hall–Kier alpha value is -0.0800. The molecule has 1 fully saturated rings. The van der Waals surface area contributed by atoms with Crippen LogP contribution >= 0.6 is 0 Å². The molecule has 2 heteroatoms. The van der Waals surface area contributed by atoms with Crippen LogP contribution in [0.25, 0.3) is 0 Å². The van der Waals surface area contributed by atoms with Gasteiger partial charge in [-0.15, -0.1) is 0 Å². The number of unbranched alkanes of at least 4 members (excludes halogenated alkanes) is 1. The van der Waals surface area contributed by atoms with E-state index in [0.717, 1.165) is 19.0 Å². The molecule has 0 radical (unpaired) electrons. The quantitative estimate of drug-likeness (QED) is 0.658. The molecule has 1 saturated carbocycles. The molecule has 0 aromatic rings. The van der Waals surface area contributed by atoms with E-state index in [1.807, 2.05) is 0 Å². The first-order chi connectivity index (χ1) is 8.76. The van der Waals surface area contributed by atoms with Gasteiger partial charge in [-0.05, 0) is 31.7 Å². The van der Waals surface area contributed by atoms with Crippen LogP contribution in [0.1, 0.15) is 71.6 Å². The summed E-state index contributed by atoms with van der Waals surface area (Å²) in [6, 6.07) is 0. The van der Waals surface area contributed by atoms with Crippen molar-refractivity contribution in [1.29, 1.82) is 0 Å². The zero-order chi connectivity index (χ0) is 13.3. The van der Waals surface area contributed by atoms with E-state index in [9.17, 15) is 5.11 Å². The Morgan fingerprint density at radius 1 is 1.17 bits per heavy atom. The zero-order valence-electron chi connectivity index (χ0n) is 12.5. The molecular formula is C16H33NO. The van der Waals surface area contributed by atoms with Gasteiger partial charge in [0, 0.05) is 18.6 Å². The second-order valence-electron chi connectivity index (χ2n) is 6.27. The van der Waals surface area contributed by atoms with Crippen LogP contribution in [0.3, 0.4) is 0 Å². The highest BCUT2D eigenvalue weighted by Gasteiger charge is 2.30. The lowest BCUT2D eigenvalue weighted by Crippen LogP contribution is -2.40. The molecule has 0 aliphatic heterocycles. The Morgan fingerprint density at radius 3 is 2.44 bits per heavy atom. The van der Waals surface area contributed by atoms with Crippen molar-refractivity contribution in [2.24, 2.45) is 11.3 Å². The molecule has 0 bridgehead atoms. The minimum absolute atomic E-state index is 0.196. The van der Waals surface area contributed by atoms with Gasteiger partial charge in [0.1, 0.15) is 0 Å². The first kappa shape index (κ1) is 16.0. The second-order valence-corrected chi connectivity index (χ2v) is 6.27. The number of hydrogen-bond acceptors (Lipinski definition) is 2. The molecule has 2 nitrogen and oxygen atoms in total. The van der Waals surface area contributed by atoms with Gasteiger partial charge in [-0.2, -0.15) is 0 Å². The molecule has 1 aliphatic carbocycles. The average molecular weight is 255 g/mol. The van der Waals surface area contributed by atoms with Crippen LogP contribution in [0, 0.1) is 11.3 Å². The third-order valence-electron chi connectivity index (χ3n) is 4.73. The molecule has 0 amide bonds. The highest BCUT2D eigenvalue weighted by Crippen LogP contribution is 2.35. The summed E-state index contributed by atoms with van der Waals surface area (Å²) in [6.07, 6.45) is 11.7. The lowest BCUT2D eigenvalue weighted by molar-refractivity contribution is 0.0801. The maximum atomic E-state index is 9.67. The molecule has 0 spiro atoms. The third-order valence-corrected chi connectivity index (χ3v) is 4.73. The normalized spacial score (nSPS) is 20.8. The summed E-state index contributed by atoms with van der Waals surface area (Å²) in [5.74, 6) is 0.823. The molecule has 0 saturated heterocycles. The van der Waals surface area contributed by atoms with Crippen LogP contribution < -0.4 is 5.32 Å². The Morgan fingerprint density at radius 2 is 1.89 bits per heavy atom. The predicted octanol–water partition coefficient (Wildman–Crippen LogP) is 3.74. The highest BCUT2D eigenvalue weighted by atomic mass is 16.3. The van der Waals surface area contributed by atoms with Gasteiger partial charge in [0.2, 0.25) is 0 Å². The van der Waals surface area contributed by atoms with Crippen molar-refractivity contribution in [3.63, 3.8) is 0 Å². The SMILES string of the molecule is CCCCC(CC)CNCC1(CO)CCCCC1. The zero-order valence-corrected chi connectivity index (χ0v) is 12.5. The Labute approximate surface area is 114 Å². The van der Waals surface area contributed by atoms with Crippen molar-refractivity contribution in [3.05, 3.63) is 0 Å². The lowest BCUT2D eigenvalue weighted by atomic mass is 9.74. The van der Waals surface area contributed by atoms with E-state index < -0.39 is 0 Å². The van der Waals surface area contributed by atoms with Crippen LogP contribution in [-0.4, -0.2) is 24.8 Å². The molecule has 108 valence electrons. The van der Waals surface area contributed by atoms with Gasteiger partial charge < -0.3 is 10.4 Å². The average Bonchev–Trinajstić information content (AvgIpc) is 2.43. The van der Waals surface area contributed by atoms with E-state index in [4.69, 9.17) is 0 Å². The molecule has 1 atom stereocenters. The number of hydrogen-bond donors (Lipinski definition) is 2. The van der Waals surface area contributed by atoms with Crippen LogP contribution in [0.2, 0.25) is 0 Å². The fourth-order valence-corrected chi connectivity index (χ4v) is 3.18. The number of aliphatic hydroxyl groups is 1. The standard InChI is InChI=1S/C16H33NO/c1-3-5-9-15(4-2)12-17-13-16(14-18)10-7-6-8-11-16/h15,17-18H,3-14H2,1-2H3. The van der Waals surface area contributed by atoms with Gasteiger partial charge in [-0.3, -0.25) is 0 Å². The number of aliphatic hydroxyl groups excluding tert-OH is 1. The second kappa shape index (κ2) is 8.92. The Bertz CT molecular complexity index is 199. The summed E-state index contributed by atoms with van der Waals surface area (Å²) in [5, 5.41) is 13.3. The van der Waals surface area contributed by atoms with Crippen molar-refractivity contribution in [2.75, 3.05) is 19.7 Å². The lowest BCUT2D eigenvalue weighted by Gasteiger charge is -2.36. The number of rotatable bonds is 9. The van der Waals surface area contributed by atoms with Gasteiger partial charge in [0.15, 0.2) is 0 Å². The fourth-order valence-electron chi connectivity index (χ4n) is 3.18. The van der Waals surface area contributed by atoms with Gasteiger partial charge in [0.25, 0.3) is 0 Å². The summed E-state index contributed by atoms with van der Waals surface area (Å²) in [4.78, 5) is 0.